The van der Waals surface area contributed by atoms with Crippen molar-refractivity contribution in [1.29, 1.82) is 5.26 Å². The molecule has 6 nitrogen and oxygen atoms in total. The molecule has 2 aliphatic rings. The second kappa shape index (κ2) is 6.32. The van der Waals surface area contributed by atoms with E-state index in [2.05, 4.69) is 28.5 Å². The Labute approximate surface area is 158 Å². The van der Waals surface area contributed by atoms with Crippen LogP contribution in [0.3, 0.4) is 0 Å². The number of nitriles is 1. The lowest BCUT2D eigenvalue weighted by molar-refractivity contribution is -0.0269. The Morgan fingerprint density at radius 2 is 2.26 bits per heavy atom. The van der Waals surface area contributed by atoms with Gasteiger partial charge in [0.2, 0.25) is 0 Å². The van der Waals surface area contributed by atoms with E-state index in [1.807, 2.05) is 18.5 Å². The van der Waals surface area contributed by atoms with Gasteiger partial charge < -0.3 is 9.30 Å². The van der Waals surface area contributed by atoms with Crippen molar-refractivity contribution in [3.63, 3.8) is 0 Å². The predicted octanol–water partition coefficient (Wildman–Crippen LogP) is 3.31. The van der Waals surface area contributed by atoms with Crippen molar-refractivity contribution < 1.29 is 9.53 Å². The second-order valence-corrected chi connectivity index (χ2v) is 8.14. The Bertz CT molecular complexity index is 982. The fourth-order valence-electron chi connectivity index (χ4n) is 4.74. The van der Waals surface area contributed by atoms with E-state index in [0.29, 0.717) is 18.7 Å². The number of nitrogens with zero attached hydrogens (tertiary/aromatic N) is 4. The van der Waals surface area contributed by atoms with Crippen LogP contribution in [0.15, 0.2) is 24.5 Å². The molecule has 1 saturated heterocycles. The number of carbonyl (C=O) groups excluding carboxylic acids is 1. The van der Waals surface area contributed by atoms with Crippen molar-refractivity contribution in [2.75, 3.05) is 13.1 Å². The molecule has 1 saturated carbocycles. The van der Waals surface area contributed by atoms with Crippen LogP contribution in [-0.4, -0.2) is 39.2 Å². The Hall–Kier alpha value is -2.99. The van der Waals surface area contributed by atoms with Gasteiger partial charge in [-0.1, -0.05) is 12.8 Å². The molecule has 0 bridgehead atoms. The first kappa shape index (κ1) is 17.4. The summed E-state index contributed by atoms with van der Waals surface area (Å²) >= 11 is 0. The molecule has 1 aromatic carbocycles. The third-order valence-corrected chi connectivity index (χ3v) is 5.79. The average molecular weight is 362 g/mol. The van der Waals surface area contributed by atoms with Gasteiger partial charge in [-0.3, -0.25) is 4.90 Å². The summed E-state index contributed by atoms with van der Waals surface area (Å²) in [5.41, 5.74) is 2.00. The van der Waals surface area contributed by atoms with Crippen molar-refractivity contribution in [1.82, 2.24) is 14.5 Å². The van der Waals surface area contributed by atoms with Gasteiger partial charge in [-0.05, 0) is 49.3 Å². The SMILES string of the molecule is C#CCN1C[C@@]2(CCC[C@](C)(Cn3cnc4ccc(C#N)cc43)C2)OC1=O. The Morgan fingerprint density at radius 1 is 1.41 bits per heavy atom. The molecule has 1 aliphatic heterocycles. The Balaban J connectivity index is 1.58. The highest BCUT2D eigenvalue weighted by molar-refractivity contribution is 5.77. The number of carbonyl (C=O) groups is 1. The molecule has 6 heteroatoms. The Kier molecular flexibility index (Phi) is 4.08. The number of benzene rings is 1. The van der Waals surface area contributed by atoms with Crippen LogP contribution >= 0.6 is 0 Å². The lowest BCUT2D eigenvalue weighted by Gasteiger charge is -2.43. The largest absolute Gasteiger partial charge is 0.441 e. The minimum Gasteiger partial charge on any atom is -0.441 e. The van der Waals surface area contributed by atoms with Crippen molar-refractivity contribution in [3.05, 3.63) is 30.1 Å². The van der Waals surface area contributed by atoms with E-state index in [0.717, 1.165) is 43.3 Å². The van der Waals surface area contributed by atoms with Gasteiger partial charge in [0, 0.05) is 6.54 Å². The number of aromatic nitrogens is 2. The molecular formula is C21H22N4O2. The van der Waals surface area contributed by atoms with Gasteiger partial charge >= 0.3 is 6.09 Å². The van der Waals surface area contributed by atoms with E-state index in [9.17, 15) is 10.1 Å². The van der Waals surface area contributed by atoms with Gasteiger partial charge in [-0.2, -0.15) is 5.26 Å². The maximum Gasteiger partial charge on any atom is 0.411 e. The molecule has 2 aromatic rings. The molecule has 2 heterocycles. The molecule has 2 atom stereocenters. The van der Waals surface area contributed by atoms with E-state index in [1.165, 1.54) is 0 Å². The Morgan fingerprint density at radius 3 is 3.04 bits per heavy atom. The lowest BCUT2D eigenvalue weighted by Crippen LogP contribution is -2.45. The number of terminal acetylenes is 1. The van der Waals surface area contributed by atoms with Gasteiger partial charge in [-0.15, -0.1) is 6.42 Å². The van der Waals surface area contributed by atoms with Gasteiger partial charge in [0.15, 0.2) is 0 Å². The van der Waals surface area contributed by atoms with Crippen molar-refractivity contribution in [3.8, 4) is 18.4 Å². The molecule has 4 rings (SSSR count). The van der Waals surface area contributed by atoms with Crippen LogP contribution in [-0.2, 0) is 11.3 Å². The van der Waals surface area contributed by atoms with Crippen molar-refractivity contribution >= 4 is 17.1 Å². The molecule has 27 heavy (non-hydrogen) atoms. The van der Waals surface area contributed by atoms with E-state index in [1.54, 1.807) is 11.0 Å². The van der Waals surface area contributed by atoms with Crippen molar-refractivity contribution in [2.45, 2.75) is 44.8 Å². The van der Waals surface area contributed by atoms with Gasteiger partial charge in [0.1, 0.15) is 5.60 Å². The summed E-state index contributed by atoms with van der Waals surface area (Å²) in [5.74, 6) is 2.54. The van der Waals surface area contributed by atoms with Crippen LogP contribution in [0.2, 0.25) is 0 Å². The molecule has 138 valence electrons. The first-order valence-corrected chi connectivity index (χ1v) is 9.22. The summed E-state index contributed by atoms with van der Waals surface area (Å²) < 4.78 is 7.93. The normalized spacial score (nSPS) is 27.5. The third kappa shape index (κ3) is 3.13. The number of amides is 1. The topological polar surface area (TPSA) is 71.2 Å². The van der Waals surface area contributed by atoms with E-state index >= 15 is 0 Å². The van der Waals surface area contributed by atoms with Crippen LogP contribution in [0.1, 0.15) is 38.2 Å². The highest BCUT2D eigenvalue weighted by Gasteiger charge is 2.51. The fourth-order valence-corrected chi connectivity index (χ4v) is 4.74. The van der Waals surface area contributed by atoms with Gasteiger partial charge in [0.05, 0.1) is 42.1 Å². The highest BCUT2D eigenvalue weighted by atomic mass is 16.6. The van der Waals surface area contributed by atoms with Crippen LogP contribution in [0.5, 0.6) is 0 Å². The zero-order chi connectivity index (χ0) is 19.1. The average Bonchev–Trinajstić information content (AvgIpc) is 3.15. The minimum absolute atomic E-state index is 0.0268. The van der Waals surface area contributed by atoms with Crippen LogP contribution in [0.4, 0.5) is 4.79 Å². The maximum absolute atomic E-state index is 12.2. The molecular weight excluding hydrogens is 340 g/mol. The monoisotopic (exact) mass is 362 g/mol. The molecule has 1 spiro atoms. The second-order valence-electron chi connectivity index (χ2n) is 8.14. The number of hydrogen-bond donors (Lipinski definition) is 0. The number of ether oxygens (including phenoxy) is 1. The molecule has 0 radical (unpaired) electrons. The quantitative estimate of drug-likeness (QED) is 0.786. The van der Waals surface area contributed by atoms with E-state index in [-0.39, 0.29) is 11.5 Å². The molecule has 2 fully saturated rings. The predicted molar refractivity (Wildman–Crippen MR) is 101 cm³/mol. The molecule has 0 N–H and O–H groups in total. The molecule has 1 aliphatic carbocycles. The minimum atomic E-state index is -0.449. The number of hydrogen-bond acceptors (Lipinski definition) is 4. The first-order chi connectivity index (χ1) is 13.0. The maximum atomic E-state index is 12.2. The van der Waals surface area contributed by atoms with E-state index in [4.69, 9.17) is 11.2 Å². The first-order valence-electron chi connectivity index (χ1n) is 9.22. The lowest BCUT2D eigenvalue weighted by atomic mass is 9.68. The zero-order valence-corrected chi connectivity index (χ0v) is 15.4. The third-order valence-electron chi connectivity index (χ3n) is 5.79. The smallest absolute Gasteiger partial charge is 0.411 e. The standard InChI is InChI=1S/C21H22N4O2/c1-3-9-24-14-21(27-19(24)26)8-4-7-20(2,12-21)13-25-15-23-17-6-5-16(11-22)10-18(17)25/h1,5-6,10,15H,4,7-9,12-14H2,2H3/t20-,21-/m0/s1. The fraction of sp³-hybridized carbons (Fsp3) is 0.476. The van der Waals surface area contributed by atoms with E-state index < -0.39 is 5.60 Å². The van der Waals surface area contributed by atoms with Gasteiger partial charge in [0.25, 0.3) is 0 Å². The number of rotatable bonds is 3. The number of fused-ring (bicyclic) bond motifs is 1. The zero-order valence-electron chi connectivity index (χ0n) is 15.4. The van der Waals surface area contributed by atoms with Crippen LogP contribution in [0.25, 0.3) is 11.0 Å². The molecule has 1 amide bonds. The van der Waals surface area contributed by atoms with Gasteiger partial charge in [-0.25, -0.2) is 9.78 Å². The van der Waals surface area contributed by atoms with Crippen LogP contribution in [0, 0.1) is 29.1 Å². The highest BCUT2D eigenvalue weighted by Crippen LogP contribution is 2.47. The summed E-state index contributed by atoms with van der Waals surface area (Å²) in [7, 11) is 0. The van der Waals surface area contributed by atoms with Crippen molar-refractivity contribution in [2.24, 2.45) is 5.41 Å². The molecule has 1 aromatic heterocycles. The summed E-state index contributed by atoms with van der Waals surface area (Å²) in [6.45, 7) is 3.87. The van der Waals surface area contributed by atoms with Crippen LogP contribution < -0.4 is 0 Å². The summed E-state index contributed by atoms with van der Waals surface area (Å²) in [6.07, 6.45) is 10.6. The summed E-state index contributed by atoms with van der Waals surface area (Å²) in [4.78, 5) is 18.3. The molecule has 0 unspecified atom stereocenters. The summed E-state index contributed by atoms with van der Waals surface area (Å²) in [6, 6.07) is 7.74. The number of imidazole rings is 1. The summed E-state index contributed by atoms with van der Waals surface area (Å²) in [5, 5.41) is 9.18.